The number of Topliss-reactive ketones (excluding diaryl/α,β-unsaturated/α-hetero) is 1. The van der Waals surface area contributed by atoms with Crippen molar-refractivity contribution in [3.63, 3.8) is 0 Å². The van der Waals surface area contributed by atoms with Gasteiger partial charge < -0.3 is 20.1 Å². The molecule has 1 rings (SSSR count). The molecule has 4 atom stereocenters. The maximum atomic E-state index is 12.4. The van der Waals surface area contributed by atoms with Gasteiger partial charge in [-0.2, -0.15) is 0 Å². The molecular weight excluding hydrogens is 396 g/mol. The molecular formula is C25H46O6. The Hall–Kier alpha value is -0.980. The number of rotatable bonds is 18. The normalized spacial score (nSPS) is 21.4. The Morgan fingerprint density at radius 1 is 1.10 bits per heavy atom. The van der Waals surface area contributed by atoms with Crippen LogP contribution in [0.4, 0.5) is 0 Å². The molecule has 2 unspecified atom stereocenters. The molecule has 0 spiro atoms. The van der Waals surface area contributed by atoms with Gasteiger partial charge in [-0.1, -0.05) is 72.1 Å². The van der Waals surface area contributed by atoms with Crippen molar-refractivity contribution in [2.24, 2.45) is 23.2 Å². The zero-order valence-corrected chi connectivity index (χ0v) is 20.0. The van der Waals surface area contributed by atoms with Crippen LogP contribution in [0.5, 0.6) is 0 Å². The number of unbranched alkanes of at least 4 members (excludes halogenated alkanes) is 6. The predicted octanol–water partition coefficient (Wildman–Crippen LogP) is 4.95. The Balaban J connectivity index is 2.43. The number of hydrogen-bond donors (Lipinski definition) is 3. The molecule has 1 aliphatic rings. The smallest absolute Gasteiger partial charge is 0.312 e. The van der Waals surface area contributed by atoms with Crippen LogP contribution in [0.3, 0.4) is 0 Å². The molecule has 1 saturated carbocycles. The van der Waals surface area contributed by atoms with Crippen molar-refractivity contribution < 1.29 is 29.6 Å². The number of ether oxygens (including phenoxy) is 1. The fraction of sp³-hybridized carbons (Fsp3) is 0.920. The van der Waals surface area contributed by atoms with Gasteiger partial charge in [-0.05, 0) is 37.0 Å². The maximum Gasteiger partial charge on any atom is 0.312 e. The highest BCUT2D eigenvalue weighted by Gasteiger charge is 2.41. The highest BCUT2D eigenvalue weighted by Crippen LogP contribution is 2.39. The summed E-state index contributed by atoms with van der Waals surface area (Å²) in [6.07, 6.45) is 12.4. The summed E-state index contributed by atoms with van der Waals surface area (Å²) in [5.41, 5.74) is -0.654. The summed E-state index contributed by atoms with van der Waals surface area (Å²) in [4.78, 5) is 24.1. The van der Waals surface area contributed by atoms with Crippen molar-refractivity contribution in [1.29, 1.82) is 0 Å². The summed E-state index contributed by atoms with van der Waals surface area (Å²) in [6.45, 7) is 5.54. The van der Waals surface area contributed by atoms with Crippen LogP contribution in [-0.2, 0) is 14.3 Å². The van der Waals surface area contributed by atoms with Gasteiger partial charge in [0.2, 0.25) is 0 Å². The zero-order valence-electron chi connectivity index (χ0n) is 20.0. The van der Waals surface area contributed by atoms with E-state index in [4.69, 9.17) is 9.84 Å². The van der Waals surface area contributed by atoms with Gasteiger partial charge >= 0.3 is 5.97 Å². The molecule has 31 heavy (non-hydrogen) atoms. The first kappa shape index (κ1) is 28.1. The molecule has 0 heterocycles. The van der Waals surface area contributed by atoms with E-state index in [1.807, 2.05) is 13.8 Å². The number of carboxylic acid groups (broad SMARTS) is 1. The molecule has 1 fully saturated rings. The van der Waals surface area contributed by atoms with Crippen molar-refractivity contribution in [2.75, 3.05) is 13.2 Å². The van der Waals surface area contributed by atoms with Crippen LogP contribution in [0.1, 0.15) is 104 Å². The summed E-state index contributed by atoms with van der Waals surface area (Å²) in [6, 6.07) is 0. The van der Waals surface area contributed by atoms with E-state index in [9.17, 15) is 19.8 Å². The summed E-state index contributed by atoms with van der Waals surface area (Å²) >= 11 is 0. The second kappa shape index (κ2) is 15.0. The first-order chi connectivity index (χ1) is 14.7. The number of hydrogen-bond acceptors (Lipinski definition) is 5. The second-order valence-electron chi connectivity index (χ2n) is 9.96. The topological polar surface area (TPSA) is 104 Å². The summed E-state index contributed by atoms with van der Waals surface area (Å²) < 4.78 is 5.07. The van der Waals surface area contributed by atoms with Gasteiger partial charge in [-0.3, -0.25) is 9.59 Å². The molecule has 0 amide bonds. The molecule has 0 aliphatic heterocycles. The summed E-state index contributed by atoms with van der Waals surface area (Å²) in [7, 11) is 0. The molecule has 6 heteroatoms. The van der Waals surface area contributed by atoms with Crippen molar-refractivity contribution in [1.82, 2.24) is 0 Å². The van der Waals surface area contributed by atoms with E-state index < -0.39 is 23.6 Å². The zero-order chi connectivity index (χ0) is 23.3. The number of aliphatic carboxylic acids is 1. The minimum atomic E-state index is -1.45. The number of aliphatic hydroxyl groups is 2. The molecule has 0 aromatic heterocycles. The molecule has 0 aromatic carbocycles. The van der Waals surface area contributed by atoms with E-state index in [-0.39, 0.29) is 19.1 Å². The molecule has 0 saturated heterocycles. The molecule has 0 aromatic rings. The third-order valence-corrected chi connectivity index (χ3v) is 7.03. The van der Waals surface area contributed by atoms with Crippen LogP contribution in [0.25, 0.3) is 0 Å². The third kappa shape index (κ3) is 10.0. The van der Waals surface area contributed by atoms with Gasteiger partial charge in [-0.15, -0.1) is 0 Å². The van der Waals surface area contributed by atoms with Gasteiger partial charge in [0.1, 0.15) is 11.7 Å². The Morgan fingerprint density at radius 3 is 2.39 bits per heavy atom. The van der Waals surface area contributed by atoms with E-state index in [0.717, 1.165) is 32.1 Å². The number of aliphatic hydroxyl groups excluding tert-OH is 2. The molecule has 182 valence electrons. The van der Waals surface area contributed by atoms with Crippen LogP contribution in [-0.4, -0.2) is 46.6 Å². The van der Waals surface area contributed by atoms with Gasteiger partial charge in [0.25, 0.3) is 0 Å². The quantitative estimate of drug-likeness (QED) is 0.205. The second-order valence-corrected chi connectivity index (χ2v) is 9.96. The van der Waals surface area contributed by atoms with Crippen LogP contribution in [0, 0.1) is 23.2 Å². The lowest BCUT2D eigenvalue weighted by atomic mass is 9.74. The lowest BCUT2D eigenvalue weighted by Crippen LogP contribution is -2.41. The van der Waals surface area contributed by atoms with Crippen LogP contribution in [0.15, 0.2) is 0 Å². The largest absolute Gasteiger partial charge is 0.481 e. The molecule has 0 bridgehead atoms. The monoisotopic (exact) mass is 442 g/mol. The molecule has 0 radical (unpaired) electrons. The predicted molar refractivity (Wildman–Crippen MR) is 122 cm³/mol. The van der Waals surface area contributed by atoms with Crippen molar-refractivity contribution >= 4 is 11.8 Å². The van der Waals surface area contributed by atoms with Crippen LogP contribution >= 0.6 is 0 Å². The molecule has 1 aliphatic carbocycles. The van der Waals surface area contributed by atoms with E-state index in [0.29, 0.717) is 24.5 Å². The number of carbonyl (C=O) groups excluding carboxylic acids is 1. The SMILES string of the molecule is CCCCCCCC[C@H]1CCC(=O)[C@@H]1CCCCC(C)(C)C(C(=O)O)C(O)OCCO. The number of ketones is 1. The first-order valence-electron chi connectivity index (χ1n) is 12.4. The Morgan fingerprint density at radius 2 is 1.74 bits per heavy atom. The van der Waals surface area contributed by atoms with E-state index in [1.165, 1.54) is 38.5 Å². The third-order valence-electron chi connectivity index (χ3n) is 7.03. The number of carboxylic acids is 1. The fourth-order valence-electron chi connectivity index (χ4n) is 5.12. The molecule has 6 nitrogen and oxygen atoms in total. The lowest BCUT2D eigenvalue weighted by Gasteiger charge is -2.34. The molecule has 3 N–H and O–H groups in total. The Bertz CT molecular complexity index is 518. The minimum absolute atomic E-state index is 0.0924. The van der Waals surface area contributed by atoms with Crippen molar-refractivity contribution in [3.8, 4) is 0 Å². The van der Waals surface area contributed by atoms with Gasteiger partial charge in [0, 0.05) is 12.3 Å². The van der Waals surface area contributed by atoms with Gasteiger partial charge in [0.15, 0.2) is 6.29 Å². The first-order valence-corrected chi connectivity index (χ1v) is 12.4. The van der Waals surface area contributed by atoms with Crippen molar-refractivity contribution in [2.45, 2.75) is 111 Å². The summed E-state index contributed by atoms with van der Waals surface area (Å²) in [5, 5.41) is 28.6. The highest BCUT2D eigenvalue weighted by molar-refractivity contribution is 5.83. The van der Waals surface area contributed by atoms with Crippen LogP contribution < -0.4 is 0 Å². The van der Waals surface area contributed by atoms with E-state index >= 15 is 0 Å². The lowest BCUT2D eigenvalue weighted by molar-refractivity contribution is -0.188. The Labute approximate surface area is 188 Å². The average molecular weight is 443 g/mol. The standard InChI is InChI=1S/C25H46O6/c1-4-5-6-7-8-9-12-19-14-15-21(27)20(19)13-10-11-16-25(2,3)22(23(28)29)24(30)31-18-17-26/h19-20,22,24,26,30H,4-18H2,1-3H3,(H,28,29)/t19-,20+,22?,24?/m0/s1. The maximum absolute atomic E-state index is 12.4. The van der Waals surface area contributed by atoms with E-state index in [1.54, 1.807) is 0 Å². The highest BCUT2D eigenvalue weighted by atomic mass is 16.6. The Kier molecular flexibility index (Phi) is 13.5. The summed E-state index contributed by atoms with van der Waals surface area (Å²) in [5.74, 6) is -1.06. The van der Waals surface area contributed by atoms with Crippen molar-refractivity contribution in [3.05, 3.63) is 0 Å². The minimum Gasteiger partial charge on any atom is -0.481 e. The van der Waals surface area contributed by atoms with Crippen LogP contribution in [0.2, 0.25) is 0 Å². The average Bonchev–Trinajstić information content (AvgIpc) is 3.05. The van der Waals surface area contributed by atoms with Gasteiger partial charge in [0.05, 0.1) is 13.2 Å². The van der Waals surface area contributed by atoms with E-state index in [2.05, 4.69) is 6.92 Å². The number of carbonyl (C=O) groups is 2. The van der Waals surface area contributed by atoms with Gasteiger partial charge in [-0.25, -0.2) is 0 Å². The fourth-order valence-corrected chi connectivity index (χ4v) is 5.12.